The number of hydrogen-bond donors (Lipinski definition) is 1. The third-order valence-electron chi connectivity index (χ3n) is 4.15. The Morgan fingerprint density at radius 3 is 2.41 bits per heavy atom. The Hall–Kier alpha value is -0.760. The normalized spacial score (nSPS) is 19.2. The molecule has 0 saturated heterocycles. The van der Waals surface area contributed by atoms with Crippen molar-refractivity contribution >= 4 is 0 Å². The average Bonchev–Trinajstić information content (AvgIpc) is 2.78. The molecule has 0 unspecified atom stereocenters. The number of rotatable bonds is 3. The van der Waals surface area contributed by atoms with Crippen molar-refractivity contribution in [2.75, 3.05) is 0 Å². The minimum absolute atomic E-state index is 0.0446. The van der Waals surface area contributed by atoms with Gasteiger partial charge < -0.3 is 10.3 Å². The Balaban J connectivity index is 2.36. The van der Waals surface area contributed by atoms with Gasteiger partial charge in [-0.2, -0.15) is 0 Å². The summed E-state index contributed by atoms with van der Waals surface area (Å²) in [7, 11) is 0. The zero-order valence-electron chi connectivity index (χ0n) is 11.7. The fraction of sp³-hybridized carbons (Fsp3) is 0.733. The lowest BCUT2D eigenvalue weighted by Crippen LogP contribution is -2.33. The van der Waals surface area contributed by atoms with Crippen LogP contribution in [0, 0.1) is 19.8 Å². The van der Waals surface area contributed by atoms with Gasteiger partial charge in [0.15, 0.2) is 0 Å². The van der Waals surface area contributed by atoms with Crippen LogP contribution in [0.3, 0.4) is 0 Å². The lowest BCUT2D eigenvalue weighted by molar-refractivity contribution is 0.452. The van der Waals surface area contributed by atoms with Crippen LogP contribution in [-0.2, 0) is 12.1 Å². The zero-order chi connectivity index (χ0) is 12.6. The van der Waals surface area contributed by atoms with Gasteiger partial charge in [0.1, 0.15) is 0 Å². The molecular formula is C15H26N2. The lowest BCUT2D eigenvalue weighted by atomic mass is 9.89. The Kier molecular flexibility index (Phi) is 3.35. The first-order chi connectivity index (χ1) is 7.94. The van der Waals surface area contributed by atoms with Crippen LogP contribution in [0.5, 0.6) is 0 Å². The minimum Gasteiger partial charge on any atom is -0.349 e. The van der Waals surface area contributed by atoms with Gasteiger partial charge in [0.25, 0.3) is 0 Å². The molecule has 1 heterocycles. The first-order valence-electron chi connectivity index (χ1n) is 6.90. The molecule has 0 atom stereocenters. The fourth-order valence-electron chi connectivity index (χ4n) is 3.23. The lowest BCUT2D eigenvalue weighted by Gasteiger charge is -2.24. The first-order valence-corrected chi connectivity index (χ1v) is 6.90. The van der Waals surface area contributed by atoms with Crippen LogP contribution in [0.25, 0.3) is 0 Å². The molecule has 1 saturated carbocycles. The molecule has 2 heteroatoms. The van der Waals surface area contributed by atoms with Gasteiger partial charge in [-0.25, -0.2) is 0 Å². The molecule has 2 N–H and O–H groups in total. The summed E-state index contributed by atoms with van der Waals surface area (Å²) >= 11 is 0. The van der Waals surface area contributed by atoms with Gasteiger partial charge in [-0.1, -0.05) is 26.7 Å². The van der Waals surface area contributed by atoms with E-state index >= 15 is 0 Å². The molecule has 1 aliphatic rings. The standard InChI is InChI=1S/C15H26N2/c1-11(2)10-17-12(3)9-14(13(17)4)15(16)7-5-6-8-15/h9,11H,5-8,10,16H2,1-4H3. The maximum atomic E-state index is 6.58. The van der Waals surface area contributed by atoms with Crippen molar-refractivity contribution in [2.24, 2.45) is 11.7 Å². The van der Waals surface area contributed by atoms with E-state index < -0.39 is 0 Å². The third kappa shape index (κ3) is 2.28. The fourth-order valence-corrected chi connectivity index (χ4v) is 3.23. The maximum Gasteiger partial charge on any atom is 0.0427 e. The number of aryl methyl sites for hydroxylation is 1. The van der Waals surface area contributed by atoms with Gasteiger partial charge >= 0.3 is 0 Å². The summed E-state index contributed by atoms with van der Waals surface area (Å²) in [5, 5.41) is 0. The van der Waals surface area contributed by atoms with Gasteiger partial charge in [-0.05, 0) is 44.2 Å². The SMILES string of the molecule is Cc1cc(C2(N)CCCC2)c(C)n1CC(C)C. The summed E-state index contributed by atoms with van der Waals surface area (Å²) in [4.78, 5) is 0. The molecule has 0 aliphatic heterocycles. The summed E-state index contributed by atoms with van der Waals surface area (Å²) in [5.74, 6) is 0.685. The van der Waals surface area contributed by atoms with E-state index in [2.05, 4.69) is 38.3 Å². The molecule has 0 spiro atoms. The van der Waals surface area contributed by atoms with E-state index in [1.54, 1.807) is 0 Å². The van der Waals surface area contributed by atoms with Crippen molar-refractivity contribution in [3.8, 4) is 0 Å². The van der Waals surface area contributed by atoms with E-state index in [0.29, 0.717) is 5.92 Å². The summed E-state index contributed by atoms with van der Waals surface area (Å²) in [6, 6.07) is 2.32. The van der Waals surface area contributed by atoms with Gasteiger partial charge in [-0.15, -0.1) is 0 Å². The van der Waals surface area contributed by atoms with Crippen LogP contribution < -0.4 is 5.73 Å². The van der Waals surface area contributed by atoms with E-state index in [4.69, 9.17) is 5.73 Å². The summed E-state index contributed by atoms with van der Waals surface area (Å²) < 4.78 is 2.44. The van der Waals surface area contributed by atoms with Crippen LogP contribution in [0.15, 0.2) is 6.07 Å². The van der Waals surface area contributed by atoms with Crippen molar-refractivity contribution < 1.29 is 0 Å². The van der Waals surface area contributed by atoms with Crippen molar-refractivity contribution in [2.45, 2.75) is 65.5 Å². The van der Waals surface area contributed by atoms with Crippen LogP contribution in [0.2, 0.25) is 0 Å². The van der Waals surface area contributed by atoms with Crippen LogP contribution in [0.1, 0.15) is 56.5 Å². The molecule has 1 aromatic heterocycles. The Bertz CT molecular complexity index is 395. The van der Waals surface area contributed by atoms with Gasteiger partial charge in [0.2, 0.25) is 0 Å². The summed E-state index contributed by atoms with van der Waals surface area (Å²) in [5.41, 5.74) is 10.7. The van der Waals surface area contributed by atoms with Gasteiger partial charge in [-0.3, -0.25) is 0 Å². The van der Waals surface area contributed by atoms with E-state index in [1.165, 1.54) is 29.8 Å². The molecule has 0 aromatic carbocycles. The Labute approximate surface area is 105 Å². The third-order valence-corrected chi connectivity index (χ3v) is 4.15. The molecule has 2 nitrogen and oxygen atoms in total. The topological polar surface area (TPSA) is 30.9 Å². The van der Waals surface area contributed by atoms with Gasteiger partial charge in [0.05, 0.1) is 0 Å². The molecule has 0 bridgehead atoms. The second kappa shape index (κ2) is 4.49. The van der Waals surface area contributed by atoms with Crippen molar-refractivity contribution in [1.29, 1.82) is 0 Å². The molecule has 96 valence electrons. The first kappa shape index (κ1) is 12.7. The van der Waals surface area contributed by atoms with E-state index in [9.17, 15) is 0 Å². The quantitative estimate of drug-likeness (QED) is 0.852. The maximum absolute atomic E-state index is 6.58. The smallest absolute Gasteiger partial charge is 0.0427 e. The van der Waals surface area contributed by atoms with Gasteiger partial charge in [0, 0.05) is 23.5 Å². The monoisotopic (exact) mass is 234 g/mol. The highest BCUT2D eigenvalue weighted by atomic mass is 15.0. The van der Waals surface area contributed by atoms with Crippen molar-refractivity contribution in [3.05, 3.63) is 23.0 Å². The second-order valence-corrected chi connectivity index (χ2v) is 6.15. The van der Waals surface area contributed by atoms with E-state index in [-0.39, 0.29) is 5.54 Å². The largest absolute Gasteiger partial charge is 0.349 e. The average molecular weight is 234 g/mol. The molecule has 0 amide bonds. The highest BCUT2D eigenvalue weighted by molar-refractivity contribution is 5.34. The summed E-state index contributed by atoms with van der Waals surface area (Å²) in [6.45, 7) is 10.1. The predicted octanol–water partition coefficient (Wildman–Crippen LogP) is 3.49. The van der Waals surface area contributed by atoms with E-state index in [1.807, 2.05) is 0 Å². The molecule has 17 heavy (non-hydrogen) atoms. The van der Waals surface area contributed by atoms with E-state index in [0.717, 1.165) is 19.4 Å². The molecule has 0 radical (unpaired) electrons. The highest BCUT2D eigenvalue weighted by Crippen LogP contribution is 2.39. The number of hydrogen-bond acceptors (Lipinski definition) is 1. The highest BCUT2D eigenvalue weighted by Gasteiger charge is 2.34. The molecule has 1 aromatic rings. The summed E-state index contributed by atoms with van der Waals surface area (Å²) in [6.07, 6.45) is 4.87. The number of aromatic nitrogens is 1. The minimum atomic E-state index is -0.0446. The predicted molar refractivity (Wildman–Crippen MR) is 73.1 cm³/mol. The molecule has 2 rings (SSSR count). The molecule has 1 aliphatic carbocycles. The number of nitrogens with two attached hydrogens (primary N) is 1. The second-order valence-electron chi connectivity index (χ2n) is 6.15. The molecule has 1 fully saturated rings. The Morgan fingerprint density at radius 1 is 1.29 bits per heavy atom. The molecular weight excluding hydrogens is 208 g/mol. The Morgan fingerprint density at radius 2 is 1.88 bits per heavy atom. The number of nitrogens with zero attached hydrogens (tertiary/aromatic N) is 1. The van der Waals surface area contributed by atoms with Crippen LogP contribution in [0.4, 0.5) is 0 Å². The van der Waals surface area contributed by atoms with Crippen molar-refractivity contribution in [1.82, 2.24) is 4.57 Å². The van der Waals surface area contributed by atoms with Crippen LogP contribution >= 0.6 is 0 Å². The zero-order valence-corrected chi connectivity index (χ0v) is 11.7. The van der Waals surface area contributed by atoms with Crippen molar-refractivity contribution in [3.63, 3.8) is 0 Å². The van der Waals surface area contributed by atoms with Crippen LogP contribution in [-0.4, -0.2) is 4.57 Å².